The van der Waals surface area contributed by atoms with Crippen LogP contribution in [0.1, 0.15) is 25.3 Å². The minimum atomic E-state index is -0.833. The van der Waals surface area contributed by atoms with Crippen LogP contribution in [0.15, 0.2) is 61.1 Å². The van der Waals surface area contributed by atoms with Gasteiger partial charge in [0.1, 0.15) is 17.9 Å². The fourth-order valence-electron chi connectivity index (χ4n) is 4.19. The lowest BCUT2D eigenvalue weighted by Crippen LogP contribution is -2.28. The number of hydrogen-bond acceptors (Lipinski definition) is 6. The summed E-state index contributed by atoms with van der Waals surface area (Å²) in [4.78, 5) is 18.3. The van der Waals surface area contributed by atoms with Crippen molar-refractivity contribution >= 4 is 22.8 Å². The van der Waals surface area contributed by atoms with Crippen molar-refractivity contribution in [3.05, 3.63) is 66.6 Å². The molecule has 0 bridgehead atoms. The van der Waals surface area contributed by atoms with E-state index in [0.717, 1.165) is 72.4 Å². The van der Waals surface area contributed by atoms with Crippen LogP contribution in [-0.2, 0) is 9.53 Å². The number of nitrogens with one attached hydrogen (secondary N) is 1. The standard InChI is InChI=1S/C25H26N4O2.C2H4O2/c1-17-5-3-7-20(13-17)29-15-22(18-6-4-8-21(14-18)30-2)23-24(26-16-27-25(23)29)28-19-9-11-31-12-10-19;1-2(3)4/h3-8,13-16,19H,9-12H2,1-2H3,(H,26,27,28);1H3,(H,3,4). The van der Waals surface area contributed by atoms with Gasteiger partial charge in [-0.3, -0.25) is 4.79 Å². The van der Waals surface area contributed by atoms with Gasteiger partial charge in [-0.05, 0) is 55.2 Å². The molecular weight excluding hydrogens is 444 g/mol. The number of fused-ring (bicyclic) bond motifs is 1. The van der Waals surface area contributed by atoms with Gasteiger partial charge in [-0.2, -0.15) is 0 Å². The monoisotopic (exact) mass is 474 g/mol. The van der Waals surface area contributed by atoms with Crippen molar-refractivity contribution in [3.8, 4) is 22.6 Å². The Bertz CT molecular complexity index is 1310. The fraction of sp³-hybridized carbons (Fsp3) is 0.296. The van der Waals surface area contributed by atoms with Gasteiger partial charge in [-0.1, -0.05) is 24.3 Å². The van der Waals surface area contributed by atoms with Gasteiger partial charge in [-0.25, -0.2) is 9.97 Å². The summed E-state index contributed by atoms with van der Waals surface area (Å²) in [5.41, 5.74) is 5.31. The van der Waals surface area contributed by atoms with Crippen LogP contribution in [0, 0.1) is 6.92 Å². The average molecular weight is 475 g/mol. The number of aryl methyl sites for hydroxylation is 1. The number of benzene rings is 2. The molecule has 0 saturated carbocycles. The minimum absolute atomic E-state index is 0.340. The molecule has 2 N–H and O–H groups in total. The van der Waals surface area contributed by atoms with Crippen LogP contribution < -0.4 is 10.1 Å². The van der Waals surface area contributed by atoms with Crippen LogP contribution in [0.25, 0.3) is 27.8 Å². The van der Waals surface area contributed by atoms with Crippen LogP contribution >= 0.6 is 0 Å². The summed E-state index contributed by atoms with van der Waals surface area (Å²) in [5.74, 6) is 0.853. The number of rotatable bonds is 5. The summed E-state index contributed by atoms with van der Waals surface area (Å²) < 4.78 is 13.2. The Morgan fingerprint density at radius 2 is 1.89 bits per heavy atom. The van der Waals surface area contributed by atoms with Crippen molar-refractivity contribution in [3.63, 3.8) is 0 Å². The number of carbonyl (C=O) groups is 1. The highest BCUT2D eigenvalue weighted by molar-refractivity contribution is 6.02. The van der Waals surface area contributed by atoms with Crippen molar-refractivity contribution < 1.29 is 19.4 Å². The highest BCUT2D eigenvalue weighted by Crippen LogP contribution is 2.37. The van der Waals surface area contributed by atoms with Crippen LogP contribution in [0.3, 0.4) is 0 Å². The van der Waals surface area contributed by atoms with Crippen molar-refractivity contribution in [1.29, 1.82) is 0 Å². The molecule has 5 rings (SSSR count). The number of carboxylic acid groups (broad SMARTS) is 1. The number of nitrogens with zero attached hydrogens (tertiary/aromatic N) is 3. The molecule has 1 aliphatic rings. The molecule has 0 amide bonds. The van der Waals surface area contributed by atoms with Crippen molar-refractivity contribution in [1.82, 2.24) is 14.5 Å². The van der Waals surface area contributed by atoms with Gasteiger partial charge in [0.2, 0.25) is 0 Å². The first kappa shape index (κ1) is 24.2. The van der Waals surface area contributed by atoms with E-state index in [0.29, 0.717) is 6.04 Å². The molecule has 0 spiro atoms. The maximum absolute atomic E-state index is 9.00. The lowest BCUT2D eigenvalue weighted by atomic mass is 10.0. The molecule has 0 radical (unpaired) electrons. The van der Waals surface area contributed by atoms with E-state index in [1.807, 2.05) is 12.1 Å². The summed E-state index contributed by atoms with van der Waals surface area (Å²) in [6.45, 7) is 4.74. The third-order valence-corrected chi connectivity index (χ3v) is 5.81. The SMILES string of the molecule is CC(=O)O.COc1cccc(-c2cn(-c3cccc(C)c3)c3ncnc(NC4CCOCC4)c23)c1. The normalized spacial score (nSPS) is 13.7. The molecule has 35 heavy (non-hydrogen) atoms. The first-order chi connectivity index (χ1) is 17.0. The molecule has 8 nitrogen and oxygen atoms in total. The number of aromatic nitrogens is 3. The lowest BCUT2D eigenvalue weighted by Gasteiger charge is -2.24. The fourth-order valence-corrected chi connectivity index (χ4v) is 4.19. The summed E-state index contributed by atoms with van der Waals surface area (Å²) >= 11 is 0. The Morgan fingerprint density at radius 1 is 1.14 bits per heavy atom. The third-order valence-electron chi connectivity index (χ3n) is 5.81. The molecule has 1 fully saturated rings. The second-order valence-corrected chi connectivity index (χ2v) is 8.45. The second kappa shape index (κ2) is 11.0. The van der Waals surface area contributed by atoms with E-state index in [2.05, 4.69) is 69.4 Å². The summed E-state index contributed by atoms with van der Waals surface area (Å²) in [5, 5.41) is 12.1. The number of ether oxygens (including phenoxy) is 2. The molecule has 2 aromatic carbocycles. The predicted molar refractivity (Wildman–Crippen MR) is 136 cm³/mol. The molecule has 182 valence electrons. The second-order valence-electron chi connectivity index (χ2n) is 8.45. The summed E-state index contributed by atoms with van der Waals surface area (Å²) in [7, 11) is 1.69. The quantitative estimate of drug-likeness (QED) is 0.416. The van der Waals surface area contributed by atoms with E-state index in [1.165, 1.54) is 5.56 Å². The van der Waals surface area contributed by atoms with Crippen LogP contribution in [0.4, 0.5) is 5.82 Å². The molecule has 3 heterocycles. The van der Waals surface area contributed by atoms with Gasteiger partial charge in [0.05, 0.1) is 12.5 Å². The van der Waals surface area contributed by atoms with Gasteiger partial charge in [-0.15, -0.1) is 0 Å². The zero-order valence-corrected chi connectivity index (χ0v) is 20.2. The van der Waals surface area contributed by atoms with Gasteiger partial charge in [0, 0.05) is 43.6 Å². The molecular formula is C27H30N4O4. The number of carboxylic acids is 1. The lowest BCUT2D eigenvalue weighted by molar-refractivity contribution is -0.134. The Labute approximate surface area is 204 Å². The van der Waals surface area contributed by atoms with Crippen LogP contribution in [0.5, 0.6) is 5.75 Å². The van der Waals surface area contributed by atoms with Crippen molar-refractivity contribution in [2.75, 3.05) is 25.6 Å². The van der Waals surface area contributed by atoms with Gasteiger partial charge >= 0.3 is 0 Å². The minimum Gasteiger partial charge on any atom is -0.497 e. The van der Waals surface area contributed by atoms with Crippen LogP contribution in [0.2, 0.25) is 0 Å². The number of anilines is 1. The number of aliphatic carboxylic acids is 1. The maximum atomic E-state index is 9.00. The smallest absolute Gasteiger partial charge is 0.300 e. The highest BCUT2D eigenvalue weighted by atomic mass is 16.5. The van der Waals surface area contributed by atoms with Crippen LogP contribution in [-0.4, -0.2) is 52.0 Å². The molecule has 0 atom stereocenters. The first-order valence-electron chi connectivity index (χ1n) is 11.6. The Morgan fingerprint density at radius 3 is 2.60 bits per heavy atom. The van der Waals surface area contributed by atoms with E-state index >= 15 is 0 Å². The van der Waals surface area contributed by atoms with Crippen molar-refractivity contribution in [2.24, 2.45) is 0 Å². The molecule has 0 aliphatic carbocycles. The molecule has 4 aromatic rings. The Hall–Kier alpha value is -3.91. The van der Waals surface area contributed by atoms with E-state index in [1.54, 1.807) is 13.4 Å². The number of hydrogen-bond donors (Lipinski definition) is 2. The largest absolute Gasteiger partial charge is 0.497 e. The van der Waals surface area contributed by atoms with Crippen molar-refractivity contribution in [2.45, 2.75) is 32.7 Å². The van der Waals surface area contributed by atoms with E-state index < -0.39 is 5.97 Å². The van der Waals surface area contributed by atoms with Gasteiger partial charge in [0.25, 0.3) is 5.97 Å². The van der Waals surface area contributed by atoms with Gasteiger partial charge < -0.3 is 24.5 Å². The maximum Gasteiger partial charge on any atom is 0.300 e. The Kier molecular flexibility index (Phi) is 7.62. The molecule has 8 heteroatoms. The average Bonchev–Trinajstić information content (AvgIpc) is 3.25. The van der Waals surface area contributed by atoms with E-state index in [-0.39, 0.29) is 0 Å². The molecule has 2 aromatic heterocycles. The molecule has 0 unspecified atom stereocenters. The summed E-state index contributed by atoms with van der Waals surface area (Å²) in [6, 6.07) is 16.9. The third kappa shape index (κ3) is 5.78. The summed E-state index contributed by atoms with van der Waals surface area (Å²) in [6.07, 6.45) is 5.74. The van der Waals surface area contributed by atoms with E-state index in [9.17, 15) is 0 Å². The number of methoxy groups -OCH3 is 1. The molecule has 1 saturated heterocycles. The highest BCUT2D eigenvalue weighted by Gasteiger charge is 2.21. The zero-order valence-electron chi connectivity index (χ0n) is 20.2. The Balaban J connectivity index is 0.000000672. The topological polar surface area (TPSA) is 98.5 Å². The predicted octanol–water partition coefficient (Wildman–Crippen LogP) is 5.09. The van der Waals surface area contributed by atoms with E-state index in [4.69, 9.17) is 19.4 Å². The zero-order chi connectivity index (χ0) is 24.8. The first-order valence-corrected chi connectivity index (χ1v) is 11.6. The molecule has 1 aliphatic heterocycles. The van der Waals surface area contributed by atoms with Gasteiger partial charge in [0.15, 0.2) is 5.65 Å².